The zero-order valence-electron chi connectivity index (χ0n) is 9.26. The predicted molar refractivity (Wildman–Crippen MR) is 58.7 cm³/mol. The molecule has 1 aliphatic carbocycles. The minimum atomic E-state index is -4.43. The van der Waals surface area contributed by atoms with Crippen molar-refractivity contribution in [2.24, 2.45) is 5.92 Å². The van der Waals surface area contributed by atoms with Crippen molar-refractivity contribution in [3.63, 3.8) is 0 Å². The average Bonchev–Trinajstić information content (AvgIpc) is 3.02. The van der Waals surface area contributed by atoms with Gasteiger partial charge in [-0.25, -0.2) is 0 Å². The van der Waals surface area contributed by atoms with Crippen LogP contribution in [0.5, 0.6) is 5.75 Å². The van der Waals surface area contributed by atoms with Crippen LogP contribution in [0.15, 0.2) is 18.2 Å². The molecule has 1 aromatic carbocycles. The van der Waals surface area contributed by atoms with Gasteiger partial charge in [0.25, 0.3) is 0 Å². The molecule has 0 amide bonds. The van der Waals surface area contributed by atoms with E-state index < -0.39 is 11.7 Å². The number of halogens is 3. The summed E-state index contributed by atoms with van der Waals surface area (Å²) < 4.78 is 43.3. The van der Waals surface area contributed by atoms with Crippen LogP contribution in [0, 0.1) is 5.92 Å². The largest absolute Gasteiger partial charge is 0.493 e. The molecule has 2 nitrogen and oxygen atoms in total. The maximum atomic E-state index is 12.7. The number of anilines is 1. The van der Waals surface area contributed by atoms with Crippen molar-refractivity contribution in [3.8, 4) is 5.75 Å². The van der Waals surface area contributed by atoms with E-state index in [4.69, 9.17) is 10.5 Å². The van der Waals surface area contributed by atoms with Crippen molar-refractivity contribution in [1.82, 2.24) is 0 Å². The van der Waals surface area contributed by atoms with Gasteiger partial charge in [-0.1, -0.05) is 12.8 Å². The zero-order chi connectivity index (χ0) is 12.5. The first kappa shape index (κ1) is 12.1. The van der Waals surface area contributed by atoms with E-state index >= 15 is 0 Å². The molecule has 5 heteroatoms. The van der Waals surface area contributed by atoms with E-state index in [1.807, 2.05) is 0 Å². The van der Waals surface area contributed by atoms with Gasteiger partial charge in [0, 0.05) is 5.69 Å². The molecule has 0 saturated heterocycles. The number of nitrogens with two attached hydrogens (primary N) is 1. The summed E-state index contributed by atoms with van der Waals surface area (Å²) in [5.41, 5.74) is 4.65. The lowest BCUT2D eigenvalue weighted by molar-refractivity contribution is -0.138. The van der Waals surface area contributed by atoms with Gasteiger partial charge in [0.1, 0.15) is 5.75 Å². The lowest BCUT2D eigenvalue weighted by atomic mass is 10.1. The summed E-state index contributed by atoms with van der Waals surface area (Å²) in [7, 11) is 0. The van der Waals surface area contributed by atoms with Gasteiger partial charge in [0.05, 0.1) is 12.2 Å². The summed E-state index contributed by atoms with van der Waals surface area (Å²) in [6, 6.07) is 3.61. The van der Waals surface area contributed by atoms with Gasteiger partial charge in [-0.3, -0.25) is 0 Å². The van der Waals surface area contributed by atoms with Crippen LogP contribution in [0.4, 0.5) is 18.9 Å². The van der Waals surface area contributed by atoms with E-state index in [0.29, 0.717) is 12.5 Å². The van der Waals surface area contributed by atoms with Crippen LogP contribution in [0.2, 0.25) is 0 Å². The summed E-state index contributed by atoms with van der Waals surface area (Å²) in [6.07, 6.45) is -1.28. The molecule has 0 spiro atoms. The quantitative estimate of drug-likeness (QED) is 0.824. The fourth-order valence-electron chi connectivity index (χ4n) is 1.64. The van der Waals surface area contributed by atoms with Gasteiger partial charge in [-0.15, -0.1) is 0 Å². The van der Waals surface area contributed by atoms with Crippen LogP contribution in [0.1, 0.15) is 24.8 Å². The summed E-state index contributed by atoms with van der Waals surface area (Å²) in [4.78, 5) is 0. The Bertz CT molecular complexity index is 399. The van der Waals surface area contributed by atoms with Gasteiger partial charge in [-0.05, 0) is 30.5 Å². The molecule has 0 aromatic heterocycles. The third-order valence-electron chi connectivity index (χ3n) is 2.79. The first-order valence-corrected chi connectivity index (χ1v) is 5.56. The van der Waals surface area contributed by atoms with E-state index in [1.54, 1.807) is 0 Å². The molecule has 1 fully saturated rings. The number of nitrogen functional groups attached to an aromatic ring is 1. The van der Waals surface area contributed by atoms with Crippen molar-refractivity contribution in [3.05, 3.63) is 23.8 Å². The molecule has 2 N–H and O–H groups in total. The third-order valence-corrected chi connectivity index (χ3v) is 2.79. The minimum Gasteiger partial charge on any atom is -0.493 e. The molecule has 17 heavy (non-hydrogen) atoms. The fourth-order valence-corrected chi connectivity index (χ4v) is 1.64. The van der Waals surface area contributed by atoms with Crippen molar-refractivity contribution in [1.29, 1.82) is 0 Å². The van der Waals surface area contributed by atoms with Crippen molar-refractivity contribution in [2.75, 3.05) is 12.3 Å². The first-order valence-electron chi connectivity index (χ1n) is 5.56. The Morgan fingerprint density at radius 1 is 1.29 bits per heavy atom. The minimum absolute atomic E-state index is 0.0897. The lowest BCUT2D eigenvalue weighted by Gasteiger charge is -2.14. The molecule has 0 heterocycles. The molecule has 94 valence electrons. The Balaban J connectivity index is 2.08. The van der Waals surface area contributed by atoms with E-state index in [2.05, 4.69) is 0 Å². The first-order chi connectivity index (χ1) is 7.97. The molecule has 0 aliphatic heterocycles. The maximum absolute atomic E-state index is 12.7. The monoisotopic (exact) mass is 245 g/mol. The Morgan fingerprint density at radius 2 is 2.00 bits per heavy atom. The van der Waals surface area contributed by atoms with Crippen LogP contribution in [0.25, 0.3) is 0 Å². The fraction of sp³-hybridized carbons (Fsp3) is 0.500. The molecular formula is C12H14F3NO. The molecular weight excluding hydrogens is 231 g/mol. The number of hydrogen-bond acceptors (Lipinski definition) is 2. The molecule has 1 saturated carbocycles. The highest BCUT2D eigenvalue weighted by Gasteiger charge is 2.34. The van der Waals surface area contributed by atoms with Crippen LogP contribution in [-0.2, 0) is 6.18 Å². The van der Waals surface area contributed by atoms with Crippen molar-refractivity contribution < 1.29 is 17.9 Å². The Morgan fingerprint density at radius 3 is 2.59 bits per heavy atom. The van der Waals surface area contributed by atoms with Crippen molar-refractivity contribution >= 4 is 5.69 Å². The maximum Gasteiger partial charge on any atom is 0.420 e. The Hall–Kier alpha value is -1.39. The van der Waals surface area contributed by atoms with E-state index in [9.17, 15) is 13.2 Å². The van der Waals surface area contributed by atoms with Crippen molar-refractivity contribution in [2.45, 2.75) is 25.4 Å². The van der Waals surface area contributed by atoms with Gasteiger partial charge < -0.3 is 10.5 Å². The smallest absolute Gasteiger partial charge is 0.420 e. The van der Waals surface area contributed by atoms with Crippen LogP contribution in [0.3, 0.4) is 0 Å². The third kappa shape index (κ3) is 3.28. The van der Waals surface area contributed by atoms with Crippen LogP contribution >= 0.6 is 0 Å². The molecule has 0 bridgehead atoms. The molecule has 1 aliphatic rings. The second kappa shape index (κ2) is 4.47. The van der Waals surface area contributed by atoms with Gasteiger partial charge in [-0.2, -0.15) is 13.2 Å². The Labute approximate surface area is 97.6 Å². The summed E-state index contributed by atoms with van der Waals surface area (Å²) >= 11 is 0. The zero-order valence-corrected chi connectivity index (χ0v) is 9.26. The van der Waals surface area contributed by atoms with E-state index in [-0.39, 0.29) is 11.4 Å². The highest BCUT2D eigenvalue weighted by Crippen LogP contribution is 2.38. The summed E-state index contributed by atoms with van der Waals surface area (Å²) in [5.74, 6) is 0.505. The highest BCUT2D eigenvalue weighted by molar-refractivity contribution is 5.49. The molecule has 0 atom stereocenters. The van der Waals surface area contributed by atoms with Gasteiger partial charge in [0.2, 0.25) is 0 Å². The molecule has 2 rings (SSSR count). The summed E-state index contributed by atoms with van der Waals surface area (Å²) in [5, 5.41) is 0. The Kier molecular flexibility index (Phi) is 3.17. The SMILES string of the molecule is Nc1ccc(OCCC2CC2)c(C(F)(F)F)c1. The number of hydrogen-bond donors (Lipinski definition) is 1. The van der Waals surface area contributed by atoms with Crippen LogP contribution in [-0.4, -0.2) is 6.61 Å². The lowest BCUT2D eigenvalue weighted by Crippen LogP contribution is -2.10. The number of alkyl halides is 3. The van der Waals surface area contributed by atoms with Crippen LogP contribution < -0.4 is 10.5 Å². The van der Waals surface area contributed by atoms with Gasteiger partial charge in [0.15, 0.2) is 0 Å². The number of rotatable bonds is 4. The highest BCUT2D eigenvalue weighted by atomic mass is 19.4. The number of benzene rings is 1. The van der Waals surface area contributed by atoms with E-state index in [0.717, 1.165) is 25.3 Å². The average molecular weight is 245 g/mol. The standard InChI is InChI=1S/C12H14F3NO/c13-12(14,15)10-7-9(16)3-4-11(10)17-6-5-8-1-2-8/h3-4,7-8H,1-2,5-6,16H2. The summed E-state index contributed by atoms with van der Waals surface area (Å²) in [6.45, 7) is 0.331. The predicted octanol–water partition coefficient (Wildman–Crippen LogP) is 3.47. The molecule has 0 radical (unpaired) electrons. The number of ether oxygens (including phenoxy) is 1. The second-order valence-electron chi connectivity index (χ2n) is 4.33. The van der Waals surface area contributed by atoms with E-state index in [1.165, 1.54) is 12.1 Å². The molecule has 0 unspecified atom stereocenters. The van der Waals surface area contributed by atoms with Gasteiger partial charge >= 0.3 is 6.18 Å². The topological polar surface area (TPSA) is 35.2 Å². The second-order valence-corrected chi connectivity index (χ2v) is 4.33. The molecule has 1 aromatic rings. The normalized spacial score (nSPS) is 15.9.